The van der Waals surface area contributed by atoms with Gasteiger partial charge in [0.15, 0.2) is 0 Å². The van der Waals surface area contributed by atoms with Crippen LogP contribution in [0.5, 0.6) is 0 Å². The van der Waals surface area contributed by atoms with Crippen molar-refractivity contribution in [3.63, 3.8) is 0 Å². The van der Waals surface area contributed by atoms with Gasteiger partial charge in [0.05, 0.1) is 5.92 Å². The van der Waals surface area contributed by atoms with Crippen LogP contribution in [0.25, 0.3) is 0 Å². The summed E-state index contributed by atoms with van der Waals surface area (Å²) in [5, 5.41) is 3.22. The zero-order chi connectivity index (χ0) is 15.6. The van der Waals surface area contributed by atoms with Crippen molar-refractivity contribution in [1.82, 2.24) is 5.32 Å². The van der Waals surface area contributed by atoms with E-state index in [2.05, 4.69) is 29.6 Å². The summed E-state index contributed by atoms with van der Waals surface area (Å²) in [5.74, 6) is 0.0841. The van der Waals surface area contributed by atoms with E-state index in [1.54, 1.807) is 0 Å². The minimum absolute atomic E-state index is 0.0471. The molecule has 2 saturated carbocycles. The number of carbonyl (C=O) groups is 1. The highest BCUT2D eigenvalue weighted by Crippen LogP contribution is 2.35. The van der Waals surface area contributed by atoms with Gasteiger partial charge in [0, 0.05) is 11.6 Å². The molecule has 3 rings (SSSR count). The molecule has 0 aromatic heterocycles. The van der Waals surface area contributed by atoms with Crippen LogP contribution in [0, 0.1) is 0 Å². The molecule has 1 amide bonds. The van der Waals surface area contributed by atoms with E-state index in [0.29, 0.717) is 6.04 Å². The van der Waals surface area contributed by atoms with Crippen LogP contribution in [-0.4, -0.2) is 17.5 Å². The van der Waals surface area contributed by atoms with Gasteiger partial charge in [0.2, 0.25) is 5.91 Å². The molecule has 120 valence electrons. The van der Waals surface area contributed by atoms with E-state index in [4.69, 9.17) is 5.73 Å². The Kier molecular flexibility index (Phi) is 4.53. The third-order valence-electron chi connectivity index (χ3n) is 5.27. The molecule has 1 atom stereocenters. The lowest BCUT2D eigenvalue weighted by atomic mass is 9.93. The Bertz CT molecular complexity index is 513. The van der Waals surface area contributed by atoms with Crippen molar-refractivity contribution in [2.24, 2.45) is 5.73 Å². The minimum Gasteiger partial charge on any atom is -0.353 e. The van der Waals surface area contributed by atoms with Crippen LogP contribution >= 0.6 is 0 Å². The van der Waals surface area contributed by atoms with Crippen molar-refractivity contribution < 1.29 is 4.79 Å². The molecule has 1 aromatic carbocycles. The van der Waals surface area contributed by atoms with Crippen molar-refractivity contribution in [3.05, 3.63) is 35.4 Å². The van der Waals surface area contributed by atoms with Crippen LogP contribution in [0.3, 0.4) is 0 Å². The maximum absolute atomic E-state index is 12.4. The van der Waals surface area contributed by atoms with Gasteiger partial charge in [0.1, 0.15) is 0 Å². The number of nitrogens with one attached hydrogen (secondary N) is 1. The Morgan fingerprint density at radius 1 is 1.23 bits per heavy atom. The van der Waals surface area contributed by atoms with Gasteiger partial charge in [-0.1, -0.05) is 43.5 Å². The Hall–Kier alpha value is -1.35. The monoisotopic (exact) mass is 300 g/mol. The zero-order valence-corrected chi connectivity index (χ0v) is 13.6. The summed E-state index contributed by atoms with van der Waals surface area (Å²) < 4.78 is 0. The molecule has 0 radical (unpaired) electrons. The van der Waals surface area contributed by atoms with Gasteiger partial charge in [-0.2, -0.15) is 0 Å². The summed E-state index contributed by atoms with van der Waals surface area (Å²) in [6, 6.07) is 8.83. The molecule has 3 heteroatoms. The second-order valence-corrected chi connectivity index (χ2v) is 7.35. The Balaban J connectivity index is 1.56. The average Bonchev–Trinajstić information content (AvgIpc) is 3.25. The molecule has 2 fully saturated rings. The second kappa shape index (κ2) is 6.41. The molecule has 0 bridgehead atoms. The van der Waals surface area contributed by atoms with Crippen molar-refractivity contribution in [1.29, 1.82) is 0 Å². The molecule has 3 N–H and O–H groups in total. The van der Waals surface area contributed by atoms with Crippen LogP contribution in [-0.2, 0) is 11.2 Å². The fourth-order valence-corrected chi connectivity index (χ4v) is 3.39. The van der Waals surface area contributed by atoms with E-state index in [1.807, 2.05) is 6.92 Å². The molecule has 2 aliphatic rings. The predicted molar refractivity (Wildman–Crippen MR) is 89.7 cm³/mol. The first-order chi connectivity index (χ1) is 10.6. The van der Waals surface area contributed by atoms with Crippen LogP contribution < -0.4 is 11.1 Å². The molecule has 0 aliphatic heterocycles. The fraction of sp³-hybridized carbons (Fsp3) is 0.632. The van der Waals surface area contributed by atoms with Crippen LogP contribution in [0.2, 0.25) is 0 Å². The maximum atomic E-state index is 12.4. The van der Waals surface area contributed by atoms with E-state index < -0.39 is 0 Å². The van der Waals surface area contributed by atoms with Crippen LogP contribution in [0.15, 0.2) is 24.3 Å². The first-order valence-electron chi connectivity index (χ1n) is 8.74. The molecule has 2 aliphatic carbocycles. The zero-order valence-electron chi connectivity index (χ0n) is 13.6. The van der Waals surface area contributed by atoms with Gasteiger partial charge in [0.25, 0.3) is 0 Å². The van der Waals surface area contributed by atoms with Gasteiger partial charge in [-0.05, 0) is 50.2 Å². The molecule has 1 aromatic rings. The van der Waals surface area contributed by atoms with Crippen molar-refractivity contribution in [2.75, 3.05) is 0 Å². The van der Waals surface area contributed by atoms with Crippen molar-refractivity contribution >= 4 is 5.91 Å². The molecule has 22 heavy (non-hydrogen) atoms. The van der Waals surface area contributed by atoms with Gasteiger partial charge in [-0.25, -0.2) is 0 Å². The molecule has 0 saturated heterocycles. The largest absolute Gasteiger partial charge is 0.353 e. The molecule has 1 unspecified atom stereocenters. The third-order valence-corrected chi connectivity index (χ3v) is 5.27. The van der Waals surface area contributed by atoms with Gasteiger partial charge >= 0.3 is 0 Å². The number of nitrogens with two attached hydrogens (primary N) is 1. The smallest absolute Gasteiger partial charge is 0.227 e. The van der Waals surface area contributed by atoms with Crippen molar-refractivity contribution in [3.8, 4) is 0 Å². The first kappa shape index (κ1) is 15.5. The van der Waals surface area contributed by atoms with E-state index >= 15 is 0 Å². The van der Waals surface area contributed by atoms with E-state index in [-0.39, 0.29) is 17.4 Å². The highest BCUT2D eigenvalue weighted by molar-refractivity contribution is 5.83. The highest BCUT2D eigenvalue weighted by atomic mass is 16.1. The van der Waals surface area contributed by atoms with Crippen molar-refractivity contribution in [2.45, 2.75) is 75.8 Å². The number of rotatable bonds is 5. The van der Waals surface area contributed by atoms with E-state index in [0.717, 1.165) is 37.7 Å². The van der Waals surface area contributed by atoms with Gasteiger partial charge < -0.3 is 11.1 Å². The van der Waals surface area contributed by atoms with E-state index in [1.165, 1.54) is 24.8 Å². The normalized spacial score (nSPS) is 22.1. The topological polar surface area (TPSA) is 55.1 Å². The summed E-state index contributed by atoms with van der Waals surface area (Å²) in [4.78, 5) is 12.4. The lowest BCUT2D eigenvalue weighted by Crippen LogP contribution is -2.38. The van der Waals surface area contributed by atoms with Gasteiger partial charge in [-0.15, -0.1) is 0 Å². The van der Waals surface area contributed by atoms with Gasteiger partial charge in [-0.3, -0.25) is 4.79 Å². The predicted octanol–water partition coefficient (Wildman–Crippen LogP) is 3.27. The number of hydrogen-bond acceptors (Lipinski definition) is 2. The summed E-state index contributed by atoms with van der Waals surface area (Å²) in [6.45, 7) is 2.00. The number of hydrogen-bond donors (Lipinski definition) is 2. The molecular formula is C19H28N2O. The first-order valence-corrected chi connectivity index (χ1v) is 8.74. The standard InChI is InChI=1S/C19H28N2O/c1-14(18(22)21-17-5-3-2-4-6-17)16-9-7-15(8-10-16)13-19(20)11-12-19/h7-10,14,17H,2-6,11-13,20H2,1H3,(H,21,22). The number of amides is 1. The average molecular weight is 300 g/mol. The number of carbonyl (C=O) groups excluding carboxylic acids is 1. The number of benzene rings is 1. The van der Waals surface area contributed by atoms with E-state index in [9.17, 15) is 4.79 Å². The second-order valence-electron chi connectivity index (χ2n) is 7.35. The lowest BCUT2D eigenvalue weighted by molar-refractivity contribution is -0.123. The minimum atomic E-state index is -0.0799. The SMILES string of the molecule is CC(C(=O)NC1CCCCC1)c1ccc(CC2(N)CC2)cc1. The summed E-state index contributed by atoms with van der Waals surface area (Å²) in [7, 11) is 0. The quantitative estimate of drug-likeness (QED) is 0.877. The summed E-state index contributed by atoms with van der Waals surface area (Å²) in [6.07, 6.45) is 9.29. The maximum Gasteiger partial charge on any atom is 0.227 e. The highest BCUT2D eigenvalue weighted by Gasteiger charge is 2.37. The fourth-order valence-electron chi connectivity index (χ4n) is 3.39. The Labute approximate surface area is 133 Å². The van der Waals surface area contributed by atoms with Crippen LogP contribution in [0.4, 0.5) is 0 Å². The lowest BCUT2D eigenvalue weighted by Gasteiger charge is -2.24. The molecule has 0 spiro atoms. The molecular weight excluding hydrogens is 272 g/mol. The summed E-state index contributed by atoms with van der Waals surface area (Å²) >= 11 is 0. The molecule has 3 nitrogen and oxygen atoms in total. The van der Waals surface area contributed by atoms with Crippen LogP contribution in [0.1, 0.15) is 68.9 Å². The Morgan fingerprint density at radius 3 is 2.45 bits per heavy atom. The third kappa shape index (κ3) is 3.89. The molecule has 0 heterocycles. The summed E-state index contributed by atoms with van der Waals surface area (Å²) in [5.41, 5.74) is 8.59. The Morgan fingerprint density at radius 2 is 1.86 bits per heavy atom.